The van der Waals surface area contributed by atoms with Crippen molar-refractivity contribution in [1.29, 1.82) is 0 Å². The Balaban J connectivity index is 1.32. The average Bonchev–Trinajstić information content (AvgIpc) is 2.95. The highest BCUT2D eigenvalue weighted by atomic mass is 16.2. The first-order valence-corrected chi connectivity index (χ1v) is 9.79. The minimum Gasteiger partial charge on any atom is -0.335 e. The molecular weight excluding hydrogens is 326 g/mol. The molecule has 2 aromatic rings. The minimum atomic E-state index is 0.105. The molecule has 1 fully saturated rings. The van der Waals surface area contributed by atoms with Crippen LogP contribution in [0.1, 0.15) is 46.7 Å². The molecule has 6 heteroatoms. The van der Waals surface area contributed by atoms with Gasteiger partial charge in [-0.1, -0.05) is 12.5 Å². The number of rotatable bonds is 4. The molecule has 1 aliphatic carbocycles. The number of carbonyl (C=O) groups excluding carboxylic acids is 1. The summed E-state index contributed by atoms with van der Waals surface area (Å²) in [5.74, 6) is 0.105. The molecule has 2 aromatic heterocycles. The molecule has 1 saturated heterocycles. The molecule has 138 valence electrons. The Bertz CT molecular complexity index is 734. The molecular formula is C20H27N5O. The van der Waals surface area contributed by atoms with E-state index in [1.165, 1.54) is 24.1 Å². The van der Waals surface area contributed by atoms with E-state index in [-0.39, 0.29) is 5.91 Å². The van der Waals surface area contributed by atoms with Gasteiger partial charge in [0.05, 0.1) is 0 Å². The van der Waals surface area contributed by atoms with Gasteiger partial charge in [-0.25, -0.2) is 0 Å². The van der Waals surface area contributed by atoms with Crippen LogP contribution >= 0.6 is 0 Å². The molecule has 0 saturated carbocycles. The van der Waals surface area contributed by atoms with Crippen LogP contribution in [0.25, 0.3) is 0 Å². The van der Waals surface area contributed by atoms with Crippen LogP contribution in [0.3, 0.4) is 0 Å². The SMILES string of the molecule is O=C(c1n[nH]c2c1CCCCC2)N1CCN(CCc2ccccn2)CC1. The van der Waals surface area contributed by atoms with Gasteiger partial charge in [0.2, 0.25) is 0 Å². The zero-order valence-electron chi connectivity index (χ0n) is 15.3. The fourth-order valence-electron chi connectivity index (χ4n) is 3.98. The van der Waals surface area contributed by atoms with Gasteiger partial charge in [-0.15, -0.1) is 0 Å². The molecule has 2 aliphatic rings. The monoisotopic (exact) mass is 353 g/mol. The molecule has 4 rings (SSSR count). The molecule has 0 unspecified atom stereocenters. The summed E-state index contributed by atoms with van der Waals surface area (Å²) in [4.78, 5) is 21.7. The highest BCUT2D eigenvalue weighted by Crippen LogP contribution is 2.23. The van der Waals surface area contributed by atoms with Crippen LogP contribution < -0.4 is 0 Å². The number of aromatic nitrogens is 3. The molecule has 1 N–H and O–H groups in total. The lowest BCUT2D eigenvalue weighted by atomic mass is 10.1. The van der Waals surface area contributed by atoms with Crippen molar-refractivity contribution in [3.8, 4) is 0 Å². The molecule has 0 aromatic carbocycles. The minimum absolute atomic E-state index is 0.105. The smallest absolute Gasteiger partial charge is 0.274 e. The van der Waals surface area contributed by atoms with Crippen molar-refractivity contribution in [3.63, 3.8) is 0 Å². The predicted molar refractivity (Wildman–Crippen MR) is 100 cm³/mol. The second-order valence-corrected chi connectivity index (χ2v) is 7.29. The van der Waals surface area contributed by atoms with Crippen LogP contribution in [-0.2, 0) is 19.3 Å². The maximum atomic E-state index is 12.9. The third-order valence-corrected chi connectivity index (χ3v) is 5.58. The summed E-state index contributed by atoms with van der Waals surface area (Å²) in [7, 11) is 0. The molecule has 0 bridgehead atoms. The van der Waals surface area contributed by atoms with Gasteiger partial charge in [0.15, 0.2) is 5.69 Å². The molecule has 26 heavy (non-hydrogen) atoms. The molecule has 0 spiro atoms. The Morgan fingerprint density at radius 1 is 1.08 bits per heavy atom. The number of fused-ring (bicyclic) bond motifs is 1. The van der Waals surface area contributed by atoms with Gasteiger partial charge in [0, 0.05) is 62.3 Å². The zero-order chi connectivity index (χ0) is 17.8. The maximum absolute atomic E-state index is 12.9. The molecule has 1 amide bonds. The van der Waals surface area contributed by atoms with Gasteiger partial charge >= 0.3 is 0 Å². The van der Waals surface area contributed by atoms with E-state index >= 15 is 0 Å². The summed E-state index contributed by atoms with van der Waals surface area (Å²) in [6.45, 7) is 4.40. The van der Waals surface area contributed by atoms with Gasteiger partial charge in [0.1, 0.15) is 0 Å². The number of pyridine rings is 1. The van der Waals surface area contributed by atoms with Gasteiger partial charge in [-0.05, 0) is 37.8 Å². The first kappa shape index (κ1) is 17.2. The highest BCUT2D eigenvalue weighted by molar-refractivity contribution is 5.94. The lowest BCUT2D eigenvalue weighted by molar-refractivity contribution is 0.0631. The number of nitrogens with zero attached hydrogens (tertiary/aromatic N) is 4. The van der Waals surface area contributed by atoms with Crippen LogP contribution in [0.2, 0.25) is 0 Å². The predicted octanol–water partition coefficient (Wildman–Crippen LogP) is 2.07. The van der Waals surface area contributed by atoms with Gasteiger partial charge in [-0.3, -0.25) is 19.8 Å². The molecule has 6 nitrogen and oxygen atoms in total. The van der Waals surface area contributed by atoms with Crippen LogP contribution in [0.4, 0.5) is 0 Å². The van der Waals surface area contributed by atoms with Crippen molar-refractivity contribution in [2.45, 2.75) is 38.5 Å². The summed E-state index contributed by atoms with van der Waals surface area (Å²) in [6.07, 6.45) is 8.41. The number of hydrogen-bond acceptors (Lipinski definition) is 4. The number of carbonyl (C=O) groups is 1. The Kier molecular flexibility index (Phi) is 5.29. The van der Waals surface area contributed by atoms with E-state index in [0.717, 1.165) is 64.1 Å². The van der Waals surface area contributed by atoms with E-state index in [1.54, 1.807) is 0 Å². The number of H-pyrrole nitrogens is 1. The fraction of sp³-hybridized carbons (Fsp3) is 0.550. The molecule has 0 radical (unpaired) electrons. The molecule has 3 heterocycles. The van der Waals surface area contributed by atoms with Crippen molar-refractivity contribution in [3.05, 3.63) is 47.0 Å². The maximum Gasteiger partial charge on any atom is 0.274 e. The normalized spacial score (nSPS) is 18.4. The summed E-state index contributed by atoms with van der Waals surface area (Å²) in [5.41, 5.74) is 4.15. The van der Waals surface area contributed by atoms with E-state index < -0.39 is 0 Å². The Morgan fingerprint density at radius 2 is 1.92 bits per heavy atom. The van der Waals surface area contributed by atoms with Gasteiger partial charge < -0.3 is 4.90 Å². The Morgan fingerprint density at radius 3 is 2.73 bits per heavy atom. The highest BCUT2D eigenvalue weighted by Gasteiger charge is 2.27. The van der Waals surface area contributed by atoms with Crippen LogP contribution in [0.15, 0.2) is 24.4 Å². The lowest BCUT2D eigenvalue weighted by Gasteiger charge is -2.34. The quantitative estimate of drug-likeness (QED) is 0.855. The van der Waals surface area contributed by atoms with E-state index in [1.807, 2.05) is 23.2 Å². The summed E-state index contributed by atoms with van der Waals surface area (Å²) in [6, 6.07) is 6.05. The summed E-state index contributed by atoms with van der Waals surface area (Å²) >= 11 is 0. The number of aromatic amines is 1. The van der Waals surface area contributed by atoms with Crippen LogP contribution in [0, 0.1) is 0 Å². The largest absolute Gasteiger partial charge is 0.335 e. The van der Waals surface area contributed by atoms with Crippen molar-refractivity contribution < 1.29 is 4.79 Å². The molecule has 0 atom stereocenters. The molecule has 1 aliphatic heterocycles. The first-order chi connectivity index (χ1) is 12.8. The second-order valence-electron chi connectivity index (χ2n) is 7.29. The number of amides is 1. The first-order valence-electron chi connectivity index (χ1n) is 9.79. The third-order valence-electron chi connectivity index (χ3n) is 5.58. The number of hydrogen-bond donors (Lipinski definition) is 1. The van der Waals surface area contributed by atoms with E-state index in [0.29, 0.717) is 5.69 Å². The fourth-order valence-corrected chi connectivity index (χ4v) is 3.98. The third kappa shape index (κ3) is 3.80. The van der Waals surface area contributed by atoms with Crippen molar-refractivity contribution >= 4 is 5.91 Å². The average molecular weight is 353 g/mol. The van der Waals surface area contributed by atoms with Crippen molar-refractivity contribution in [2.24, 2.45) is 0 Å². The number of nitrogens with one attached hydrogen (secondary N) is 1. The topological polar surface area (TPSA) is 65.1 Å². The van der Waals surface area contributed by atoms with Crippen molar-refractivity contribution in [1.82, 2.24) is 25.0 Å². The van der Waals surface area contributed by atoms with E-state index in [2.05, 4.69) is 26.1 Å². The van der Waals surface area contributed by atoms with Crippen LogP contribution in [-0.4, -0.2) is 63.6 Å². The Labute approximate surface area is 154 Å². The van der Waals surface area contributed by atoms with E-state index in [4.69, 9.17) is 0 Å². The Hall–Kier alpha value is -2.21. The summed E-state index contributed by atoms with van der Waals surface area (Å²) < 4.78 is 0. The second kappa shape index (κ2) is 7.99. The number of aryl methyl sites for hydroxylation is 1. The van der Waals surface area contributed by atoms with Crippen molar-refractivity contribution in [2.75, 3.05) is 32.7 Å². The van der Waals surface area contributed by atoms with E-state index in [9.17, 15) is 4.79 Å². The van der Waals surface area contributed by atoms with Crippen LogP contribution in [0.5, 0.6) is 0 Å². The lowest BCUT2D eigenvalue weighted by Crippen LogP contribution is -2.49. The number of piperazine rings is 1. The van der Waals surface area contributed by atoms with Gasteiger partial charge in [-0.2, -0.15) is 5.10 Å². The summed E-state index contributed by atoms with van der Waals surface area (Å²) in [5, 5.41) is 7.49. The standard InChI is InChI=1S/C20H27N5O/c26-20(19-17-7-2-1-3-8-18(17)22-23-19)25-14-12-24(13-15-25)11-9-16-6-4-5-10-21-16/h4-6,10H,1-3,7-9,11-15H2,(H,22,23). The van der Waals surface area contributed by atoms with Gasteiger partial charge in [0.25, 0.3) is 5.91 Å². The zero-order valence-corrected chi connectivity index (χ0v) is 15.3.